The third kappa shape index (κ3) is 11.5. The van der Waals surface area contributed by atoms with Gasteiger partial charge in [-0.1, -0.05) is 12.1 Å². The largest absolute Gasteiger partial charge is 0.497 e. The summed E-state index contributed by atoms with van der Waals surface area (Å²) in [6.07, 6.45) is 3.12. The fourth-order valence-corrected chi connectivity index (χ4v) is 2.50. The topological polar surface area (TPSA) is 58.1 Å². The molecule has 6 nitrogen and oxygen atoms in total. The monoisotopic (exact) mass is 478 g/mol. The lowest BCUT2D eigenvalue weighted by molar-refractivity contribution is 0.180. The summed E-state index contributed by atoms with van der Waals surface area (Å²) in [5.74, 6) is 1.77. The molecule has 2 N–H and O–H groups in total. The van der Waals surface area contributed by atoms with Gasteiger partial charge in [-0.05, 0) is 44.0 Å². The van der Waals surface area contributed by atoms with E-state index in [0.29, 0.717) is 0 Å². The van der Waals surface area contributed by atoms with Gasteiger partial charge in [0.05, 0.1) is 7.11 Å². The van der Waals surface area contributed by atoms with Crippen molar-refractivity contribution < 1.29 is 9.47 Å². The van der Waals surface area contributed by atoms with Crippen LogP contribution in [0.2, 0.25) is 0 Å². The summed E-state index contributed by atoms with van der Waals surface area (Å²) >= 11 is 0. The number of benzene rings is 1. The van der Waals surface area contributed by atoms with E-state index in [1.807, 2.05) is 12.1 Å². The van der Waals surface area contributed by atoms with Crippen molar-refractivity contribution in [3.8, 4) is 5.75 Å². The minimum atomic E-state index is 0. The van der Waals surface area contributed by atoms with E-state index in [-0.39, 0.29) is 24.0 Å². The first-order valence-corrected chi connectivity index (χ1v) is 8.94. The van der Waals surface area contributed by atoms with Gasteiger partial charge in [0.2, 0.25) is 0 Å². The lowest BCUT2D eigenvalue weighted by Crippen LogP contribution is -2.41. The maximum Gasteiger partial charge on any atom is 0.191 e. The van der Waals surface area contributed by atoms with Crippen LogP contribution in [0.1, 0.15) is 18.4 Å². The van der Waals surface area contributed by atoms with E-state index in [1.54, 1.807) is 21.3 Å². The van der Waals surface area contributed by atoms with Crippen LogP contribution in [0.3, 0.4) is 0 Å². The lowest BCUT2D eigenvalue weighted by atomic mass is 10.1. The van der Waals surface area contributed by atoms with Crippen LogP contribution in [0.25, 0.3) is 0 Å². The summed E-state index contributed by atoms with van der Waals surface area (Å²) in [6.45, 7) is 4.60. The van der Waals surface area contributed by atoms with E-state index in [4.69, 9.17) is 9.47 Å². The van der Waals surface area contributed by atoms with E-state index in [9.17, 15) is 0 Å². The van der Waals surface area contributed by atoms with E-state index in [0.717, 1.165) is 63.8 Å². The Hall–Kier alpha value is -1.06. The van der Waals surface area contributed by atoms with Gasteiger partial charge in [-0.2, -0.15) is 0 Å². The second-order valence-corrected chi connectivity index (χ2v) is 6.03. The molecular formula is C19H35IN4O2. The Labute approximate surface area is 175 Å². The lowest BCUT2D eigenvalue weighted by Gasteiger charge is -2.18. The van der Waals surface area contributed by atoms with Crippen LogP contribution in [0.4, 0.5) is 0 Å². The number of rotatable bonds is 12. The van der Waals surface area contributed by atoms with Crippen molar-refractivity contribution in [3.63, 3.8) is 0 Å². The summed E-state index contributed by atoms with van der Waals surface area (Å²) in [5, 5.41) is 6.72. The third-order valence-electron chi connectivity index (χ3n) is 3.97. The standard InChI is InChI=1S/C19H34N4O2.HI/c1-20-19(22-12-14-23(2)13-7-15-24-3)21-11-6-9-17-8-5-10-18(16-17)25-4;/h5,8,10,16H,6-7,9,11-15H2,1-4H3,(H2,20,21,22);1H. The van der Waals surface area contributed by atoms with Gasteiger partial charge in [-0.15, -0.1) is 24.0 Å². The summed E-state index contributed by atoms with van der Waals surface area (Å²) in [5.41, 5.74) is 1.29. The highest BCUT2D eigenvalue weighted by molar-refractivity contribution is 14.0. The second kappa shape index (κ2) is 16.1. The molecule has 26 heavy (non-hydrogen) atoms. The number of aliphatic imine (C=N–C) groups is 1. The molecule has 0 heterocycles. The van der Waals surface area contributed by atoms with Gasteiger partial charge in [0.1, 0.15) is 5.75 Å². The molecule has 0 aliphatic heterocycles. The molecule has 0 saturated heterocycles. The van der Waals surface area contributed by atoms with E-state index in [2.05, 4.69) is 39.7 Å². The van der Waals surface area contributed by atoms with Gasteiger partial charge in [-0.25, -0.2) is 0 Å². The molecule has 0 atom stereocenters. The van der Waals surface area contributed by atoms with Crippen LogP contribution < -0.4 is 15.4 Å². The number of guanidine groups is 1. The summed E-state index contributed by atoms with van der Waals surface area (Å²) < 4.78 is 10.3. The van der Waals surface area contributed by atoms with Crippen molar-refractivity contribution in [1.82, 2.24) is 15.5 Å². The summed E-state index contributed by atoms with van der Waals surface area (Å²) in [4.78, 5) is 6.56. The number of hydrogen-bond donors (Lipinski definition) is 2. The van der Waals surface area contributed by atoms with Gasteiger partial charge < -0.3 is 25.0 Å². The average molecular weight is 478 g/mol. The first-order chi connectivity index (χ1) is 12.2. The molecule has 150 valence electrons. The molecule has 0 amide bonds. The molecular weight excluding hydrogens is 443 g/mol. The number of hydrogen-bond acceptors (Lipinski definition) is 4. The molecule has 0 aliphatic carbocycles. The zero-order valence-corrected chi connectivity index (χ0v) is 18.9. The molecule has 1 rings (SSSR count). The van der Waals surface area contributed by atoms with Gasteiger partial charge >= 0.3 is 0 Å². The van der Waals surface area contributed by atoms with Gasteiger partial charge in [0.15, 0.2) is 5.96 Å². The van der Waals surface area contributed by atoms with Crippen LogP contribution in [-0.4, -0.2) is 72.0 Å². The van der Waals surface area contributed by atoms with Gasteiger partial charge in [-0.3, -0.25) is 4.99 Å². The van der Waals surface area contributed by atoms with Crippen molar-refractivity contribution >= 4 is 29.9 Å². The molecule has 0 aromatic heterocycles. The number of methoxy groups -OCH3 is 2. The first kappa shape index (κ1) is 24.9. The van der Waals surface area contributed by atoms with Crippen LogP contribution in [-0.2, 0) is 11.2 Å². The Bertz CT molecular complexity index is 500. The molecule has 0 spiro atoms. The van der Waals surface area contributed by atoms with Crippen molar-refractivity contribution in [2.24, 2.45) is 4.99 Å². The minimum absolute atomic E-state index is 0. The van der Waals surface area contributed by atoms with E-state index in [1.165, 1.54) is 5.56 Å². The quantitative estimate of drug-likeness (QED) is 0.209. The molecule has 0 bridgehead atoms. The highest BCUT2D eigenvalue weighted by Crippen LogP contribution is 2.13. The molecule has 0 fully saturated rings. The number of aryl methyl sites for hydroxylation is 1. The van der Waals surface area contributed by atoms with E-state index < -0.39 is 0 Å². The fourth-order valence-electron chi connectivity index (χ4n) is 2.50. The maximum atomic E-state index is 5.26. The van der Waals surface area contributed by atoms with Crippen molar-refractivity contribution in [1.29, 1.82) is 0 Å². The number of likely N-dealkylation sites (N-methyl/N-ethyl adjacent to an activating group) is 1. The highest BCUT2D eigenvalue weighted by atomic mass is 127. The van der Waals surface area contributed by atoms with Gasteiger partial charge in [0.25, 0.3) is 0 Å². The molecule has 0 saturated carbocycles. The molecule has 1 aromatic carbocycles. The Morgan fingerprint density at radius 1 is 1.12 bits per heavy atom. The van der Waals surface area contributed by atoms with Crippen LogP contribution in [0.5, 0.6) is 5.75 Å². The number of ether oxygens (including phenoxy) is 2. The van der Waals surface area contributed by atoms with Crippen molar-refractivity contribution in [2.75, 3.05) is 61.1 Å². The van der Waals surface area contributed by atoms with Crippen LogP contribution in [0, 0.1) is 0 Å². The number of halogens is 1. The molecule has 0 aliphatic rings. The van der Waals surface area contributed by atoms with E-state index >= 15 is 0 Å². The Kier molecular flexibility index (Phi) is 15.5. The molecule has 0 unspecified atom stereocenters. The smallest absolute Gasteiger partial charge is 0.191 e. The Morgan fingerprint density at radius 2 is 1.88 bits per heavy atom. The average Bonchev–Trinajstić information content (AvgIpc) is 2.64. The zero-order valence-electron chi connectivity index (χ0n) is 16.6. The third-order valence-corrected chi connectivity index (χ3v) is 3.97. The Balaban J connectivity index is 0.00000625. The second-order valence-electron chi connectivity index (χ2n) is 6.03. The molecule has 1 aromatic rings. The first-order valence-electron chi connectivity index (χ1n) is 8.94. The summed E-state index contributed by atoms with van der Waals surface area (Å²) in [7, 11) is 7.37. The van der Waals surface area contributed by atoms with Crippen molar-refractivity contribution in [3.05, 3.63) is 29.8 Å². The van der Waals surface area contributed by atoms with Crippen molar-refractivity contribution in [2.45, 2.75) is 19.3 Å². The Morgan fingerprint density at radius 3 is 2.58 bits per heavy atom. The fraction of sp³-hybridized carbons (Fsp3) is 0.632. The van der Waals surface area contributed by atoms with Crippen LogP contribution >= 0.6 is 24.0 Å². The predicted octanol–water partition coefficient (Wildman–Crippen LogP) is 2.38. The van der Waals surface area contributed by atoms with Crippen LogP contribution in [0.15, 0.2) is 29.3 Å². The highest BCUT2D eigenvalue weighted by Gasteiger charge is 2.01. The van der Waals surface area contributed by atoms with Gasteiger partial charge in [0, 0.05) is 46.9 Å². The number of nitrogens with one attached hydrogen (secondary N) is 2. The SMILES string of the molecule is CN=C(NCCCc1cccc(OC)c1)NCCN(C)CCCOC.I. The normalized spacial score (nSPS) is 11.2. The summed E-state index contributed by atoms with van der Waals surface area (Å²) in [6, 6.07) is 8.23. The zero-order chi connectivity index (χ0) is 18.3. The minimum Gasteiger partial charge on any atom is -0.497 e. The predicted molar refractivity (Wildman–Crippen MR) is 120 cm³/mol. The molecule has 7 heteroatoms. The molecule has 0 radical (unpaired) electrons. The number of nitrogens with zero attached hydrogens (tertiary/aromatic N) is 2. The maximum absolute atomic E-state index is 5.26.